The molecule has 8 nitrogen and oxygen atoms in total. The third kappa shape index (κ3) is 31.7. The minimum atomic E-state index is -4.73. The molecule has 0 saturated heterocycles. The standard InChI is InChI=1S/C33H63O8P/c1-3-5-7-9-11-12-13-14-15-16-17-18-19-20-22-23-25-27-32(34)39-29-31(30-40-42(36,37)38)41-33(35)28-26-24-21-10-8-6-4-2/h14-15,31H,3-13,16-30H2,1-2H3,(H2,36,37,38)/b15-14+/t31-/m1/s1. The predicted octanol–water partition coefficient (Wildman–Crippen LogP) is 9.51. The lowest BCUT2D eigenvalue weighted by Gasteiger charge is -2.18. The average molecular weight is 619 g/mol. The highest BCUT2D eigenvalue weighted by atomic mass is 31.2. The van der Waals surface area contributed by atoms with Crippen molar-refractivity contribution in [1.82, 2.24) is 0 Å². The van der Waals surface area contributed by atoms with Crippen LogP contribution in [0.4, 0.5) is 0 Å². The van der Waals surface area contributed by atoms with E-state index in [0.29, 0.717) is 6.42 Å². The number of rotatable bonds is 31. The highest BCUT2D eigenvalue weighted by Crippen LogP contribution is 2.35. The molecular formula is C33H63O8P. The molecule has 0 saturated carbocycles. The Morgan fingerprint density at radius 3 is 1.45 bits per heavy atom. The number of phosphoric acid groups is 1. The fourth-order valence-electron chi connectivity index (χ4n) is 4.72. The maximum Gasteiger partial charge on any atom is 0.469 e. The summed E-state index contributed by atoms with van der Waals surface area (Å²) in [5.41, 5.74) is 0. The third-order valence-electron chi connectivity index (χ3n) is 7.28. The van der Waals surface area contributed by atoms with Crippen LogP contribution in [-0.4, -0.2) is 41.0 Å². The molecule has 9 heteroatoms. The number of allylic oxidation sites excluding steroid dienone is 2. The van der Waals surface area contributed by atoms with Crippen LogP contribution >= 0.6 is 7.82 Å². The normalized spacial score (nSPS) is 12.6. The maximum absolute atomic E-state index is 12.2. The maximum atomic E-state index is 12.2. The van der Waals surface area contributed by atoms with Crippen LogP contribution in [0, 0.1) is 0 Å². The first-order valence-corrected chi connectivity index (χ1v) is 18.5. The first-order valence-electron chi connectivity index (χ1n) is 17.0. The molecule has 0 aliphatic heterocycles. The Balaban J connectivity index is 3.90. The zero-order chi connectivity index (χ0) is 31.2. The molecular weight excluding hydrogens is 555 g/mol. The summed E-state index contributed by atoms with van der Waals surface area (Å²) in [6, 6.07) is 0. The molecule has 42 heavy (non-hydrogen) atoms. The van der Waals surface area contributed by atoms with Crippen LogP contribution in [0.1, 0.15) is 168 Å². The van der Waals surface area contributed by atoms with Crippen molar-refractivity contribution in [3.8, 4) is 0 Å². The molecule has 0 aromatic heterocycles. The molecule has 1 atom stereocenters. The monoisotopic (exact) mass is 618 g/mol. The van der Waals surface area contributed by atoms with E-state index in [-0.39, 0.29) is 19.4 Å². The van der Waals surface area contributed by atoms with Crippen molar-refractivity contribution in [2.45, 2.75) is 174 Å². The molecule has 0 aromatic rings. The van der Waals surface area contributed by atoms with E-state index < -0.39 is 32.5 Å². The first kappa shape index (κ1) is 40.8. The van der Waals surface area contributed by atoms with Gasteiger partial charge in [0.25, 0.3) is 0 Å². The van der Waals surface area contributed by atoms with Crippen LogP contribution in [0.3, 0.4) is 0 Å². The topological polar surface area (TPSA) is 119 Å². The van der Waals surface area contributed by atoms with Crippen LogP contribution in [0.15, 0.2) is 12.2 Å². The van der Waals surface area contributed by atoms with E-state index in [1.807, 2.05) is 0 Å². The molecule has 0 aliphatic rings. The van der Waals surface area contributed by atoms with Gasteiger partial charge in [0.05, 0.1) is 6.61 Å². The van der Waals surface area contributed by atoms with E-state index >= 15 is 0 Å². The summed E-state index contributed by atoms with van der Waals surface area (Å²) in [5.74, 6) is -0.893. The van der Waals surface area contributed by atoms with Gasteiger partial charge in [0.15, 0.2) is 6.10 Å². The Hall–Kier alpha value is -1.21. The van der Waals surface area contributed by atoms with Gasteiger partial charge in [-0.1, -0.05) is 129 Å². The van der Waals surface area contributed by atoms with E-state index in [2.05, 4.69) is 30.5 Å². The van der Waals surface area contributed by atoms with E-state index in [0.717, 1.165) is 51.4 Å². The van der Waals surface area contributed by atoms with Crippen molar-refractivity contribution >= 4 is 19.8 Å². The number of esters is 2. The minimum Gasteiger partial charge on any atom is -0.462 e. The van der Waals surface area contributed by atoms with Gasteiger partial charge in [-0.2, -0.15) is 0 Å². The molecule has 0 fully saturated rings. The summed E-state index contributed by atoms with van der Waals surface area (Å²) in [5, 5.41) is 0. The number of hydrogen-bond donors (Lipinski definition) is 2. The number of unbranched alkanes of at least 4 members (excludes halogenated alkanes) is 19. The Morgan fingerprint density at radius 2 is 1.00 bits per heavy atom. The van der Waals surface area contributed by atoms with Crippen LogP contribution in [-0.2, 0) is 28.2 Å². The van der Waals surface area contributed by atoms with Crippen molar-refractivity contribution in [2.75, 3.05) is 13.2 Å². The van der Waals surface area contributed by atoms with Crippen LogP contribution in [0.5, 0.6) is 0 Å². The van der Waals surface area contributed by atoms with Crippen LogP contribution in [0.2, 0.25) is 0 Å². The lowest BCUT2D eigenvalue weighted by Crippen LogP contribution is -2.29. The number of carbonyl (C=O) groups is 2. The molecule has 0 rings (SSSR count). The van der Waals surface area contributed by atoms with Crippen molar-refractivity contribution in [1.29, 1.82) is 0 Å². The van der Waals surface area contributed by atoms with Gasteiger partial charge >= 0.3 is 19.8 Å². The van der Waals surface area contributed by atoms with Gasteiger partial charge in [0.1, 0.15) is 6.61 Å². The molecule has 0 amide bonds. The largest absolute Gasteiger partial charge is 0.469 e. The summed E-state index contributed by atoms with van der Waals surface area (Å²) in [6.45, 7) is 3.60. The van der Waals surface area contributed by atoms with Gasteiger partial charge in [0, 0.05) is 12.8 Å². The summed E-state index contributed by atoms with van der Waals surface area (Å²) in [6.07, 6.45) is 29.6. The second-order valence-corrected chi connectivity index (χ2v) is 12.7. The zero-order valence-electron chi connectivity index (χ0n) is 26.9. The minimum absolute atomic E-state index is 0.212. The van der Waals surface area contributed by atoms with Gasteiger partial charge in [0.2, 0.25) is 0 Å². The number of ether oxygens (including phenoxy) is 2. The number of hydrogen-bond acceptors (Lipinski definition) is 6. The summed E-state index contributed by atoms with van der Waals surface area (Å²) >= 11 is 0. The predicted molar refractivity (Wildman–Crippen MR) is 170 cm³/mol. The Morgan fingerprint density at radius 1 is 0.595 bits per heavy atom. The van der Waals surface area contributed by atoms with Crippen LogP contribution in [0.25, 0.3) is 0 Å². The Labute approximate surface area is 257 Å². The second kappa shape index (κ2) is 29.8. The Bertz CT molecular complexity index is 706. The quantitative estimate of drug-likeness (QED) is 0.0341. The summed E-state index contributed by atoms with van der Waals surface area (Å²) in [4.78, 5) is 42.3. The van der Waals surface area contributed by atoms with Gasteiger partial charge in [-0.3, -0.25) is 14.1 Å². The SMILES string of the molecule is CCCCCCCC/C=C/CCCCCCCCCC(=O)OC[C@H](COP(=O)(O)O)OC(=O)CCCCCCCCC. The van der Waals surface area contributed by atoms with E-state index in [1.54, 1.807) is 0 Å². The molecule has 0 radical (unpaired) electrons. The van der Waals surface area contributed by atoms with Gasteiger partial charge < -0.3 is 19.3 Å². The molecule has 0 spiro atoms. The summed E-state index contributed by atoms with van der Waals surface area (Å²) in [7, 11) is -4.73. The number of carbonyl (C=O) groups excluding carboxylic acids is 2. The van der Waals surface area contributed by atoms with E-state index in [4.69, 9.17) is 19.3 Å². The van der Waals surface area contributed by atoms with Gasteiger partial charge in [-0.05, 0) is 38.5 Å². The molecule has 0 aromatic carbocycles. The molecule has 0 heterocycles. The average Bonchev–Trinajstić information content (AvgIpc) is 2.95. The molecule has 0 aliphatic carbocycles. The smallest absolute Gasteiger partial charge is 0.462 e. The van der Waals surface area contributed by atoms with Crippen LogP contribution < -0.4 is 0 Å². The second-order valence-electron chi connectivity index (χ2n) is 11.5. The van der Waals surface area contributed by atoms with Crippen molar-refractivity contribution in [3.05, 3.63) is 12.2 Å². The molecule has 0 bridgehead atoms. The molecule has 2 N–H and O–H groups in total. The van der Waals surface area contributed by atoms with Crippen molar-refractivity contribution in [2.24, 2.45) is 0 Å². The first-order chi connectivity index (χ1) is 20.3. The molecule has 248 valence electrons. The van der Waals surface area contributed by atoms with Gasteiger partial charge in [-0.15, -0.1) is 0 Å². The van der Waals surface area contributed by atoms with Gasteiger partial charge in [-0.25, -0.2) is 4.57 Å². The fraction of sp³-hybridized carbons (Fsp3) is 0.879. The fourth-order valence-corrected chi connectivity index (χ4v) is 5.08. The van der Waals surface area contributed by atoms with E-state index in [1.165, 1.54) is 83.5 Å². The lowest BCUT2D eigenvalue weighted by molar-refractivity contribution is -0.161. The number of phosphoric ester groups is 1. The lowest BCUT2D eigenvalue weighted by atomic mass is 10.1. The Kier molecular flexibility index (Phi) is 29.0. The van der Waals surface area contributed by atoms with Crippen molar-refractivity contribution in [3.63, 3.8) is 0 Å². The van der Waals surface area contributed by atoms with E-state index in [9.17, 15) is 14.2 Å². The van der Waals surface area contributed by atoms with Crippen molar-refractivity contribution < 1.29 is 37.9 Å². The zero-order valence-corrected chi connectivity index (χ0v) is 27.8. The molecule has 0 unspecified atom stereocenters. The third-order valence-corrected chi connectivity index (χ3v) is 7.77. The highest BCUT2D eigenvalue weighted by Gasteiger charge is 2.22. The summed E-state index contributed by atoms with van der Waals surface area (Å²) < 4.78 is 26.1. The highest BCUT2D eigenvalue weighted by molar-refractivity contribution is 7.46.